The summed E-state index contributed by atoms with van der Waals surface area (Å²) in [6, 6.07) is 4.20. The van der Waals surface area contributed by atoms with Gasteiger partial charge in [-0.25, -0.2) is 4.79 Å². The molecule has 0 saturated carbocycles. The lowest BCUT2D eigenvalue weighted by Crippen LogP contribution is -2.35. The average Bonchev–Trinajstić information content (AvgIpc) is 2.68. The van der Waals surface area contributed by atoms with Crippen LogP contribution in [0.2, 0.25) is 0 Å². The number of ether oxygens (including phenoxy) is 1. The fourth-order valence-electron chi connectivity index (χ4n) is 2.84. The minimum Gasteiger partial charge on any atom is -0.478 e. The highest BCUT2D eigenvalue weighted by molar-refractivity contribution is 9.10. The maximum atomic E-state index is 12.5. The maximum absolute atomic E-state index is 12.5. The molecule has 7 heteroatoms. The summed E-state index contributed by atoms with van der Waals surface area (Å²) in [5.74, 6) is -0.623. The summed E-state index contributed by atoms with van der Waals surface area (Å²) in [4.78, 5) is 25.6. The Bertz CT molecular complexity index is 858. The van der Waals surface area contributed by atoms with E-state index in [1.165, 1.54) is 18.2 Å². The molecule has 3 rings (SSSR count). The number of carboxylic acids is 1. The topological polar surface area (TPSA) is 80.0 Å². The van der Waals surface area contributed by atoms with Gasteiger partial charge in [0.2, 0.25) is 0 Å². The number of carbonyl (C=O) groups is 1. The van der Waals surface area contributed by atoms with Gasteiger partial charge in [0.1, 0.15) is 0 Å². The number of carboxylic acid groups (broad SMARTS) is 1. The van der Waals surface area contributed by atoms with Gasteiger partial charge in [0.15, 0.2) is 16.9 Å². The van der Waals surface area contributed by atoms with Gasteiger partial charge in [0.25, 0.3) is 0 Å². The molecule has 1 fully saturated rings. The number of fused-ring (bicyclic) bond motifs is 1. The van der Waals surface area contributed by atoms with Crippen LogP contribution in [-0.2, 0) is 4.74 Å². The molecule has 0 unspecified atom stereocenters. The predicted octanol–water partition coefficient (Wildman–Crippen LogP) is 3.12. The Morgan fingerprint density at radius 1 is 1.33 bits per heavy atom. The van der Waals surface area contributed by atoms with E-state index >= 15 is 0 Å². The van der Waals surface area contributed by atoms with E-state index in [0.29, 0.717) is 42.2 Å². The summed E-state index contributed by atoms with van der Waals surface area (Å²) < 4.78 is 12.0. The molecule has 24 heavy (non-hydrogen) atoms. The molecule has 128 valence electrons. The Balaban J connectivity index is 2.11. The normalized spacial score (nSPS) is 17.7. The zero-order valence-corrected chi connectivity index (χ0v) is 15.1. The minimum atomic E-state index is -1.09. The number of anilines is 1. The summed E-state index contributed by atoms with van der Waals surface area (Å²) >= 11 is 3.31. The first kappa shape index (κ1) is 17.0. The molecule has 1 aliphatic rings. The van der Waals surface area contributed by atoms with E-state index in [9.17, 15) is 9.59 Å². The lowest BCUT2D eigenvalue weighted by atomic mass is 9.94. The Kier molecular flexibility index (Phi) is 4.40. The van der Waals surface area contributed by atoms with Crippen molar-refractivity contribution < 1.29 is 19.1 Å². The van der Waals surface area contributed by atoms with Gasteiger partial charge in [-0.3, -0.25) is 4.79 Å². The Labute approximate surface area is 147 Å². The quantitative estimate of drug-likeness (QED) is 0.841. The second kappa shape index (κ2) is 6.22. The van der Waals surface area contributed by atoms with Gasteiger partial charge in [0, 0.05) is 24.6 Å². The van der Waals surface area contributed by atoms with Crippen LogP contribution >= 0.6 is 15.9 Å². The molecule has 0 bridgehead atoms. The number of aromatic carboxylic acids is 1. The SMILES string of the molecule is CC1(C)COCCN(c2cc(=O)c3cc(C(=O)O)cc(Br)c3o2)C1. The fraction of sp³-hybridized carbons (Fsp3) is 0.412. The molecule has 1 N–H and O–H groups in total. The molecule has 6 nitrogen and oxygen atoms in total. The molecule has 0 aliphatic carbocycles. The number of benzene rings is 1. The van der Waals surface area contributed by atoms with E-state index in [1.807, 2.05) is 4.90 Å². The van der Waals surface area contributed by atoms with Gasteiger partial charge < -0.3 is 19.2 Å². The first-order chi connectivity index (χ1) is 11.3. The van der Waals surface area contributed by atoms with Crippen molar-refractivity contribution in [2.24, 2.45) is 5.41 Å². The van der Waals surface area contributed by atoms with Crippen LogP contribution in [0.1, 0.15) is 24.2 Å². The zero-order valence-electron chi connectivity index (χ0n) is 13.5. The number of hydrogen-bond acceptors (Lipinski definition) is 5. The first-order valence-electron chi connectivity index (χ1n) is 7.60. The first-order valence-corrected chi connectivity index (χ1v) is 8.39. The summed E-state index contributed by atoms with van der Waals surface area (Å²) in [6.45, 7) is 6.73. The predicted molar refractivity (Wildman–Crippen MR) is 94.0 cm³/mol. The van der Waals surface area contributed by atoms with Crippen LogP contribution in [0.15, 0.2) is 31.9 Å². The highest BCUT2D eigenvalue weighted by Crippen LogP contribution is 2.30. The highest BCUT2D eigenvalue weighted by atomic mass is 79.9. The van der Waals surface area contributed by atoms with Gasteiger partial charge in [-0.05, 0) is 28.1 Å². The third-order valence-electron chi connectivity index (χ3n) is 3.95. The Hall–Kier alpha value is -1.86. The van der Waals surface area contributed by atoms with Crippen LogP contribution in [0.4, 0.5) is 5.88 Å². The summed E-state index contributed by atoms with van der Waals surface area (Å²) in [5.41, 5.74) is 0.0660. The Morgan fingerprint density at radius 3 is 2.79 bits per heavy atom. The third-order valence-corrected chi connectivity index (χ3v) is 4.54. The molecule has 2 heterocycles. The van der Waals surface area contributed by atoms with Crippen molar-refractivity contribution in [1.82, 2.24) is 0 Å². The van der Waals surface area contributed by atoms with Crippen LogP contribution in [-0.4, -0.2) is 37.4 Å². The second-order valence-electron chi connectivity index (χ2n) is 6.73. The molecule has 2 aromatic rings. The molecular weight excluding hydrogens is 378 g/mol. The number of halogens is 1. The van der Waals surface area contributed by atoms with Crippen molar-refractivity contribution in [3.8, 4) is 0 Å². The van der Waals surface area contributed by atoms with E-state index in [0.717, 1.165) is 0 Å². The second-order valence-corrected chi connectivity index (χ2v) is 7.58. The van der Waals surface area contributed by atoms with Gasteiger partial charge in [0.05, 0.1) is 28.6 Å². The van der Waals surface area contributed by atoms with E-state index in [2.05, 4.69) is 29.8 Å². The fourth-order valence-corrected chi connectivity index (χ4v) is 3.38. The lowest BCUT2D eigenvalue weighted by Gasteiger charge is -2.28. The summed E-state index contributed by atoms with van der Waals surface area (Å²) in [5, 5.41) is 9.38. The van der Waals surface area contributed by atoms with Crippen molar-refractivity contribution in [1.29, 1.82) is 0 Å². The van der Waals surface area contributed by atoms with E-state index in [-0.39, 0.29) is 21.8 Å². The highest BCUT2D eigenvalue weighted by Gasteiger charge is 2.27. The monoisotopic (exact) mass is 395 g/mol. The molecule has 0 radical (unpaired) electrons. The van der Waals surface area contributed by atoms with E-state index in [1.54, 1.807) is 0 Å². The molecule has 0 atom stereocenters. The molecule has 1 aromatic heterocycles. The molecule has 0 spiro atoms. The zero-order chi connectivity index (χ0) is 17.5. The molecule has 1 aliphatic heterocycles. The van der Waals surface area contributed by atoms with Gasteiger partial charge >= 0.3 is 5.97 Å². The van der Waals surface area contributed by atoms with Crippen LogP contribution < -0.4 is 10.3 Å². The van der Waals surface area contributed by atoms with Crippen LogP contribution in [0.5, 0.6) is 0 Å². The maximum Gasteiger partial charge on any atom is 0.335 e. The molecule has 1 aromatic carbocycles. The summed E-state index contributed by atoms with van der Waals surface area (Å²) in [7, 11) is 0. The van der Waals surface area contributed by atoms with Gasteiger partial charge in [-0.2, -0.15) is 0 Å². The van der Waals surface area contributed by atoms with Crippen LogP contribution in [0, 0.1) is 5.41 Å². The molecule has 0 amide bonds. The van der Waals surface area contributed by atoms with Crippen molar-refractivity contribution in [2.45, 2.75) is 13.8 Å². The van der Waals surface area contributed by atoms with Gasteiger partial charge in [-0.1, -0.05) is 13.8 Å². The molecular formula is C17H18BrNO5. The standard InChI is InChI=1S/C17H18BrNO5/c1-17(2)8-19(3-4-23-9-17)14-7-13(20)11-5-10(16(21)22)6-12(18)15(11)24-14/h5-7H,3-4,8-9H2,1-2H3,(H,21,22). The van der Waals surface area contributed by atoms with Crippen LogP contribution in [0.3, 0.4) is 0 Å². The lowest BCUT2D eigenvalue weighted by molar-refractivity contribution is 0.0697. The van der Waals surface area contributed by atoms with Crippen molar-refractivity contribution in [3.63, 3.8) is 0 Å². The van der Waals surface area contributed by atoms with Crippen molar-refractivity contribution in [2.75, 3.05) is 31.2 Å². The average molecular weight is 396 g/mol. The van der Waals surface area contributed by atoms with Gasteiger partial charge in [-0.15, -0.1) is 0 Å². The van der Waals surface area contributed by atoms with E-state index < -0.39 is 5.97 Å². The Morgan fingerprint density at radius 2 is 2.08 bits per heavy atom. The van der Waals surface area contributed by atoms with Crippen LogP contribution in [0.25, 0.3) is 11.0 Å². The third kappa shape index (κ3) is 3.32. The van der Waals surface area contributed by atoms with E-state index in [4.69, 9.17) is 14.3 Å². The van der Waals surface area contributed by atoms with Crippen molar-refractivity contribution >= 4 is 38.8 Å². The number of hydrogen-bond donors (Lipinski definition) is 1. The number of nitrogens with zero attached hydrogens (tertiary/aromatic N) is 1. The smallest absolute Gasteiger partial charge is 0.335 e. The van der Waals surface area contributed by atoms with Crippen molar-refractivity contribution in [3.05, 3.63) is 38.5 Å². The minimum absolute atomic E-state index is 0.0405. The molecule has 1 saturated heterocycles. The largest absolute Gasteiger partial charge is 0.478 e. The summed E-state index contributed by atoms with van der Waals surface area (Å²) in [6.07, 6.45) is 0. The number of rotatable bonds is 2.